The van der Waals surface area contributed by atoms with Gasteiger partial charge in [0.1, 0.15) is 17.5 Å². The first-order valence-corrected chi connectivity index (χ1v) is 8.86. The van der Waals surface area contributed by atoms with Gasteiger partial charge in [-0.1, -0.05) is 42.5 Å². The van der Waals surface area contributed by atoms with E-state index in [2.05, 4.69) is 22.2 Å². The largest absolute Gasteiger partial charge is 0.294 e. The van der Waals surface area contributed by atoms with Crippen molar-refractivity contribution in [2.45, 2.75) is 6.54 Å². The van der Waals surface area contributed by atoms with E-state index in [0.29, 0.717) is 23.3 Å². The minimum Gasteiger partial charge on any atom is -0.294 e. The van der Waals surface area contributed by atoms with Crippen LogP contribution in [0.1, 0.15) is 5.56 Å². The summed E-state index contributed by atoms with van der Waals surface area (Å²) < 4.78 is 16.3. The van der Waals surface area contributed by atoms with Crippen LogP contribution < -0.4 is 5.56 Å². The van der Waals surface area contributed by atoms with Crippen LogP contribution in [0.4, 0.5) is 4.39 Å². The summed E-state index contributed by atoms with van der Waals surface area (Å²) in [6.45, 7) is 0.421. The van der Waals surface area contributed by atoms with E-state index in [0.717, 1.165) is 16.3 Å². The van der Waals surface area contributed by atoms with Crippen molar-refractivity contribution >= 4 is 21.8 Å². The Labute approximate surface area is 159 Å². The molecule has 0 aliphatic heterocycles. The Morgan fingerprint density at radius 1 is 0.893 bits per heavy atom. The molecule has 0 saturated heterocycles. The first-order valence-electron chi connectivity index (χ1n) is 8.86. The number of hydrogen-bond donors (Lipinski definition) is 0. The molecule has 0 aliphatic carbocycles. The van der Waals surface area contributed by atoms with Crippen LogP contribution in [0.2, 0.25) is 0 Å². The van der Waals surface area contributed by atoms with Gasteiger partial charge in [-0.3, -0.25) is 9.36 Å². The highest BCUT2D eigenvalue weighted by Gasteiger charge is 2.12. The van der Waals surface area contributed by atoms with E-state index in [1.807, 2.05) is 30.3 Å². The lowest BCUT2D eigenvalue weighted by molar-refractivity contribution is 0.627. The Kier molecular flexibility index (Phi) is 3.76. The van der Waals surface area contributed by atoms with Gasteiger partial charge in [0, 0.05) is 0 Å². The van der Waals surface area contributed by atoms with E-state index in [1.165, 1.54) is 24.7 Å². The number of rotatable bonds is 3. The molecule has 0 saturated carbocycles. The Balaban J connectivity index is 1.59. The maximum atomic E-state index is 13.2. The number of aromatic nitrogens is 4. The second-order valence-electron chi connectivity index (χ2n) is 6.59. The van der Waals surface area contributed by atoms with Crippen molar-refractivity contribution in [1.82, 2.24) is 19.3 Å². The minimum absolute atomic E-state index is 0.161. The molecule has 0 bridgehead atoms. The molecule has 0 N–H and O–H groups in total. The molecule has 0 aliphatic rings. The highest BCUT2D eigenvalue weighted by atomic mass is 19.1. The topological polar surface area (TPSA) is 52.7 Å². The monoisotopic (exact) mass is 370 g/mol. The second-order valence-corrected chi connectivity index (χ2v) is 6.59. The first-order chi connectivity index (χ1) is 13.7. The van der Waals surface area contributed by atoms with Crippen molar-refractivity contribution in [2.24, 2.45) is 0 Å². The third-order valence-corrected chi connectivity index (χ3v) is 4.85. The van der Waals surface area contributed by atoms with Gasteiger partial charge in [0.15, 0.2) is 5.65 Å². The van der Waals surface area contributed by atoms with E-state index >= 15 is 0 Å². The quantitative estimate of drug-likeness (QED) is 0.484. The molecule has 136 valence electrons. The van der Waals surface area contributed by atoms with Crippen LogP contribution in [-0.4, -0.2) is 19.3 Å². The average molecular weight is 370 g/mol. The SMILES string of the molecule is O=c1c2cnn(-c3ccc(F)cc3)c2ncn1Cc1cccc2ccccc12. The van der Waals surface area contributed by atoms with Crippen LogP contribution in [-0.2, 0) is 6.54 Å². The van der Waals surface area contributed by atoms with Gasteiger partial charge >= 0.3 is 0 Å². The summed E-state index contributed by atoms with van der Waals surface area (Å²) >= 11 is 0. The maximum Gasteiger partial charge on any atom is 0.264 e. The number of hydrogen-bond acceptors (Lipinski definition) is 3. The van der Waals surface area contributed by atoms with Gasteiger partial charge in [-0.15, -0.1) is 0 Å². The zero-order valence-electron chi connectivity index (χ0n) is 14.8. The average Bonchev–Trinajstić information content (AvgIpc) is 3.16. The van der Waals surface area contributed by atoms with Crippen molar-refractivity contribution in [2.75, 3.05) is 0 Å². The Bertz CT molecular complexity index is 1360. The summed E-state index contributed by atoms with van der Waals surface area (Å²) in [6.07, 6.45) is 3.04. The second kappa shape index (κ2) is 6.42. The summed E-state index contributed by atoms with van der Waals surface area (Å²) in [4.78, 5) is 17.4. The van der Waals surface area contributed by atoms with Gasteiger partial charge in [0.05, 0.1) is 18.4 Å². The van der Waals surface area contributed by atoms with Crippen LogP contribution in [0.25, 0.3) is 27.5 Å². The van der Waals surface area contributed by atoms with Crippen molar-refractivity contribution < 1.29 is 4.39 Å². The molecule has 5 rings (SSSR count). The van der Waals surface area contributed by atoms with Crippen molar-refractivity contribution in [3.8, 4) is 5.69 Å². The fraction of sp³-hybridized carbons (Fsp3) is 0.0455. The predicted octanol–water partition coefficient (Wildman–Crippen LogP) is 3.92. The van der Waals surface area contributed by atoms with E-state index in [-0.39, 0.29) is 11.4 Å². The van der Waals surface area contributed by atoms with Gasteiger partial charge < -0.3 is 0 Å². The smallest absolute Gasteiger partial charge is 0.264 e. The van der Waals surface area contributed by atoms with E-state index < -0.39 is 0 Å². The number of halogens is 1. The molecule has 0 amide bonds. The molecule has 2 aromatic heterocycles. The molecule has 5 nitrogen and oxygen atoms in total. The molecule has 0 radical (unpaired) electrons. The number of benzene rings is 3. The molecule has 3 aromatic carbocycles. The lowest BCUT2D eigenvalue weighted by atomic mass is 10.0. The van der Waals surface area contributed by atoms with Gasteiger partial charge in [-0.25, -0.2) is 14.1 Å². The molecular weight excluding hydrogens is 355 g/mol. The van der Waals surface area contributed by atoms with Gasteiger partial charge in [0.2, 0.25) is 0 Å². The zero-order chi connectivity index (χ0) is 19.1. The normalized spacial score (nSPS) is 11.3. The summed E-state index contributed by atoms with van der Waals surface area (Å²) in [5.41, 5.74) is 1.99. The zero-order valence-corrected chi connectivity index (χ0v) is 14.8. The van der Waals surface area contributed by atoms with Crippen LogP contribution in [0, 0.1) is 5.82 Å². The highest BCUT2D eigenvalue weighted by molar-refractivity contribution is 5.85. The first kappa shape index (κ1) is 16.4. The third kappa shape index (κ3) is 2.66. The molecule has 0 spiro atoms. The van der Waals surface area contributed by atoms with Crippen molar-refractivity contribution in [3.63, 3.8) is 0 Å². The molecule has 0 fully saturated rings. The lowest BCUT2D eigenvalue weighted by Gasteiger charge is -2.09. The summed E-state index contributed by atoms with van der Waals surface area (Å²) in [5, 5.41) is 6.94. The molecule has 6 heteroatoms. The lowest BCUT2D eigenvalue weighted by Crippen LogP contribution is -2.21. The predicted molar refractivity (Wildman–Crippen MR) is 106 cm³/mol. The summed E-state index contributed by atoms with van der Waals surface area (Å²) in [6, 6.07) is 20.0. The van der Waals surface area contributed by atoms with Crippen LogP contribution in [0.5, 0.6) is 0 Å². The van der Waals surface area contributed by atoms with Gasteiger partial charge in [-0.05, 0) is 40.6 Å². The van der Waals surface area contributed by atoms with Gasteiger partial charge in [-0.2, -0.15) is 5.10 Å². The van der Waals surface area contributed by atoms with E-state index in [4.69, 9.17) is 0 Å². The molecule has 5 aromatic rings. The molecule has 28 heavy (non-hydrogen) atoms. The third-order valence-electron chi connectivity index (χ3n) is 4.85. The van der Waals surface area contributed by atoms with Crippen LogP contribution >= 0.6 is 0 Å². The number of fused-ring (bicyclic) bond motifs is 2. The Morgan fingerprint density at radius 2 is 1.68 bits per heavy atom. The summed E-state index contributed by atoms with van der Waals surface area (Å²) in [7, 11) is 0. The van der Waals surface area contributed by atoms with Crippen LogP contribution in [0.15, 0.2) is 84.0 Å². The standard InChI is InChI=1S/C22H15FN4O/c23-17-8-10-18(11-9-17)27-21-20(12-25-27)22(28)26(14-24-21)13-16-6-3-5-15-4-1-2-7-19(15)16/h1-12,14H,13H2. The fourth-order valence-corrected chi connectivity index (χ4v) is 3.45. The Hall–Kier alpha value is -3.80. The maximum absolute atomic E-state index is 13.2. The summed E-state index contributed by atoms with van der Waals surface area (Å²) in [5.74, 6) is -0.328. The van der Waals surface area contributed by atoms with Gasteiger partial charge in [0.25, 0.3) is 5.56 Å². The fourth-order valence-electron chi connectivity index (χ4n) is 3.45. The van der Waals surface area contributed by atoms with Crippen molar-refractivity contribution in [3.05, 3.63) is 101 Å². The Morgan fingerprint density at radius 3 is 2.54 bits per heavy atom. The molecule has 0 atom stereocenters. The molecule has 0 unspecified atom stereocenters. The van der Waals surface area contributed by atoms with E-state index in [9.17, 15) is 9.18 Å². The van der Waals surface area contributed by atoms with Crippen molar-refractivity contribution in [1.29, 1.82) is 0 Å². The van der Waals surface area contributed by atoms with E-state index in [1.54, 1.807) is 21.4 Å². The highest BCUT2D eigenvalue weighted by Crippen LogP contribution is 2.19. The molecular formula is C22H15FN4O. The minimum atomic E-state index is -0.328. The molecule has 2 heterocycles. The van der Waals surface area contributed by atoms with Crippen LogP contribution in [0.3, 0.4) is 0 Å². The number of nitrogens with zero attached hydrogens (tertiary/aromatic N) is 4.